The fourth-order valence-electron chi connectivity index (χ4n) is 2.09. The molecule has 0 radical (unpaired) electrons. The fraction of sp³-hybridized carbons (Fsp3) is 0.308. The first-order chi connectivity index (χ1) is 11.1. The van der Waals surface area contributed by atoms with Crippen molar-refractivity contribution < 1.29 is 43.2 Å². The minimum Gasteiger partial charge on any atom is -0.394 e. The van der Waals surface area contributed by atoms with E-state index in [1.807, 2.05) is 0 Å². The predicted molar refractivity (Wildman–Crippen MR) is 74.9 cm³/mol. The summed E-state index contributed by atoms with van der Waals surface area (Å²) < 4.78 is 24.1. The first kappa shape index (κ1) is 18.2. The number of aliphatic hydroxyl groups is 4. The van der Waals surface area contributed by atoms with E-state index in [9.17, 15) is 33.0 Å². The first-order valence-electron chi connectivity index (χ1n) is 6.56. The molecule has 0 saturated heterocycles. The van der Waals surface area contributed by atoms with Gasteiger partial charge in [-0.15, -0.1) is 0 Å². The van der Waals surface area contributed by atoms with Gasteiger partial charge in [0.25, 0.3) is 21.7 Å². The molecule has 1 aromatic rings. The average molecular weight is 359 g/mol. The van der Waals surface area contributed by atoms with Crippen LogP contribution in [0, 0.1) is 0 Å². The van der Waals surface area contributed by atoms with Crippen LogP contribution in [0.15, 0.2) is 29.2 Å². The maximum atomic E-state index is 12.2. The highest BCUT2D eigenvalue weighted by Gasteiger charge is 2.49. The molecule has 24 heavy (non-hydrogen) atoms. The number of carbonyl (C=O) groups is 3. The zero-order valence-corrected chi connectivity index (χ0v) is 12.8. The van der Waals surface area contributed by atoms with E-state index < -0.39 is 57.4 Å². The Balaban J connectivity index is 2.34. The number of nitrogens with zero attached hydrogens (tertiary/aromatic N) is 1. The van der Waals surface area contributed by atoms with Crippen molar-refractivity contribution >= 4 is 27.6 Å². The van der Waals surface area contributed by atoms with Crippen LogP contribution in [-0.2, 0) is 19.6 Å². The van der Waals surface area contributed by atoms with E-state index >= 15 is 0 Å². The Morgan fingerprint density at radius 1 is 1.12 bits per heavy atom. The second-order valence-corrected chi connectivity index (χ2v) is 6.68. The van der Waals surface area contributed by atoms with Gasteiger partial charge >= 0.3 is 5.91 Å². The molecule has 130 valence electrons. The normalized spacial score (nSPS) is 19.5. The van der Waals surface area contributed by atoms with E-state index in [0.29, 0.717) is 0 Å². The van der Waals surface area contributed by atoms with Gasteiger partial charge in [-0.25, -0.2) is 8.42 Å². The third-order valence-electron chi connectivity index (χ3n) is 3.39. The van der Waals surface area contributed by atoms with Crippen LogP contribution in [0.5, 0.6) is 0 Å². The zero-order chi connectivity index (χ0) is 18.2. The molecule has 0 bridgehead atoms. The van der Waals surface area contributed by atoms with Crippen LogP contribution in [0.4, 0.5) is 0 Å². The van der Waals surface area contributed by atoms with Crippen molar-refractivity contribution in [2.24, 2.45) is 0 Å². The summed E-state index contributed by atoms with van der Waals surface area (Å²) in [4.78, 5) is 35.5. The van der Waals surface area contributed by atoms with E-state index in [2.05, 4.69) is 0 Å². The second-order valence-electron chi connectivity index (χ2n) is 4.93. The Kier molecular flexibility index (Phi) is 4.82. The van der Waals surface area contributed by atoms with Gasteiger partial charge in [0, 0.05) is 0 Å². The van der Waals surface area contributed by atoms with Crippen LogP contribution in [0.1, 0.15) is 10.4 Å². The van der Waals surface area contributed by atoms with E-state index in [-0.39, 0.29) is 9.87 Å². The number of hydrogen-bond acceptors (Lipinski definition) is 9. The van der Waals surface area contributed by atoms with Gasteiger partial charge in [-0.3, -0.25) is 14.4 Å². The zero-order valence-electron chi connectivity index (χ0n) is 11.9. The van der Waals surface area contributed by atoms with Gasteiger partial charge in [0.2, 0.25) is 0 Å². The highest BCUT2D eigenvalue weighted by Crippen LogP contribution is 2.30. The topological polar surface area (TPSA) is 170 Å². The summed E-state index contributed by atoms with van der Waals surface area (Å²) in [5.74, 6) is -4.97. The predicted octanol–water partition coefficient (Wildman–Crippen LogP) is -3.00. The molecule has 0 unspecified atom stereocenters. The van der Waals surface area contributed by atoms with Crippen LogP contribution in [0.2, 0.25) is 0 Å². The van der Waals surface area contributed by atoms with Gasteiger partial charge in [0.15, 0.2) is 6.10 Å². The van der Waals surface area contributed by atoms with Gasteiger partial charge in [0.1, 0.15) is 17.1 Å². The van der Waals surface area contributed by atoms with E-state index in [1.54, 1.807) is 0 Å². The number of rotatable bonds is 5. The third-order valence-corrected chi connectivity index (χ3v) is 5.11. The minimum atomic E-state index is -4.62. The summed E-state index contributed by atoms with van der Waals surface area (Å²) in [5.41, 5.74) is -0.316. The van der Waals surface area contributed by atoms with Crippen molar-refractivity contribution in [3.8, 4) is 0 Å². The smallest absolute Gasteiger partial charge is 0.313 e. The lowest BCUT2D eigenvalue weighted by Gasteiger charge is -2.21. The molecule has 11 heteroatoms. The van der Waals surface area contributed by atoms with Gasteiger partial charge < -0.3 is 20.4 Å². The summed E-state index contributed by atoms with van der Waals surface area (Å²) in [7, 11) is -4.62. The van der Waals surface area contributed by atoms with Crippen LogP contribution in [-0.4, -0.2) is 75.7 Å². The number of benzene rings is 1. The first-order valence-corrected chi connectivity index (χ1v) is 8.00. The van der Waals surface area contributed by atoms with Crippen molar-refractivity contribution in [2.75, 3.05) is 6.61 Å². The molecular weight excluding hydrogens is 346 g/mol. The van der Waals surface area contributed by atoms with Gasteiger partial charge in [-0.2, -0.15) is 4.31 Å². The van der Waals surface area contributed by atoms with Crippen molar-refractivity contribution in [3.05, 3.63) is 29.8 Å². The summed E-state index contributed by atoms with van der Waals surface area (Å²) in [6.45, 7) is -1.02. The number of imide groups is 1. The molecule has 1 aliphatic heterocycles. The van der Waals surface area contributed by atoms with Crippen molar-refractivity contribution in [2.45, 2.75) is 23.2 Å². The highest BCUT2D eigenvalue weighted by atomic mass is 32.2. The summed E-state index contributed by atoms with van der Waals surface area (Å²) >= 11 is 0. The Bertz CT molecular complexity index is 803. The van der Waals surface area contributed by atoms with Gasteiger partial charge in [-0.05, 0) is 12.1 Å². The van der Waals surface area contributed by atoms with Crippen LogP contribution < -0.4 is 0 Å². The highest BCUT2D eigenvalue weighted by molar-refractivity contribution is 7.91. The second kappa shape index (κ2) is 6.37. The number of carbonyl (C=O) groups excluding carboxylic acids is 3. The van der Waals surface area contributed by atoms with Crippen molar-refractivity contribution in [1.29, 1.82) is 0 Å². The fourth-order valence-corrected chi connectivity index (χ4v) is 3.59. The quantitative estimate of drug-likeness (QED) is 0.400. The molecule has 4 N–H and O–H groups in total. The monoisotopic (exact) mass is 359 g/mol. The maximum Gasteiger partial charge on any atom is 0.313 e. The molecule has 0 aliphatic carbocycles. The van der Waals surface area contributed by atoms with Gasteiger partial charge in [0.05, 0.1) is 12.2 Å². The Labute approximate surface area is 135 Å². The Morgan fingerprint density at radius 3 is 2.25 bits per heavy atom. The lowest BCUT2D eigenvalue weighted by atomic mass is 10.0. The van der Waals surface area contributed by atoms with Crippen LogP contribution in [0.3, 0.4) is 0 Å². The number of aliphatic hydroxyl groups excluding tert-OH is 4. The average Bonchev–Trinajstić information content (AvgIpc) is 2.78. The SMILES string of the molecule is O=C(C(=O)N1C(=O)c2ccccc2S1(=O)=O)[C@@H](O)[C@H](O)[C@H](O)CO. The number of sulfonamides is 1. The molecule has 2 rings (SSSR count). The Morgan fingerprint density at radius 2 is 1.71 bits per heavy atom. The van der Waals surface area contributed by atoms with E-state index in [4.69, 9.17) is 10.2 Å². The molecule has 1 aromatic carbocycles. The molecule has 3 atom stereocenters. The summed E-state index contributed by atoms with van der Waals surface area (Å²) in [6.07, 6.45) is -6.71. The van der Waals surface area contributed by atoms with Gasteiger partial charge in [-0.1, -0.05) is 12.1 Å². The molecule has 1 heterocycles. The standard InChI is InChI=1S/C13H13NO9S/c15-5-7(16)9(17)10(18)11(19)13(21)14-12(20)6-3-1-2-4-8(6)24(14,22)23/h1-4,7,9-10,15-18H,5H2/t7-,9-,10+/m1/s1. The van der Waals surface area contributed by atoms with E-state index in [0.717, 1.165) is 12.1 Å². The molecule has 1 aliphatic rings. The molecule has 0 fully saturated rings. The minimum absolute atomic E-state index is 0.304. The molecule has 2 amide bonds. The lowest BCUT2D eigenvalue weighted by Crippen LogP contribution is -2.51. The summed E-state index contributed by atoms with van der Waals surface area (Å²) in [6, 6.07) is 4.89. The van der Waals surface area contributed by atoms with Crippen molar-refractivity contribution in [3.63, 3.8) is 0 Å². The van der Waals surface area contributed by atoms with Crippen molar-refractivity contribution in [1.82, 2.24) is 4.31 Å². The molecule has 10 nitrogen and oxygen atoms in total. The third kappa shape index (κ3) is 2.72. The lowest BCUT2D eigenvalue weighted by molar-refractivity contribution is -0.152. The largest absolute Gasteiger partial charge is 0.394 e. The Hall–Kier alpha value is -2.18. The van der Waals surface area contributed by atoms with Crippen LogP contribution >= 0.6 is 0 Å². The number of ketones is 1. The maximum absolute atomic E-state index is 12.2. The number of fused-ring (bicyclic) bond motifs is 1. The van der Waals surface area contributed by atoms with Crippen LogP contribution in [0.25, 0.3) is 0 Å². The summed E-state index contributed by atoms with van der Waals surface area (Å²) in [5, 5.41) is 36.8. The molecule has 0 saturated carbocycles. The molecule has 0 aromatic heterocycles. The molecular formula is C13H13NO9S. The number of hydrogen-bond donors (Lipinski definition) is 4. The number of amides is 2. The number of Topliss-reactive ketones (excluding diaryl/α,β-unsaturated/α-hetero) is 1. The van der Waals surface area contributed by atoms with E-state index in [1.165, 1.54) is 12.1 Å². The molecule has 0 spiro atoms.